The van der Waals surface area contributed by atoms with E-state index in [1.54, 1.807) is 0 Å². The van der Waals surface area contributed by atoms with Crippen molar-refractivity contribution < 1.29 is 14.4 Å². The molecule has 0 fully saturated rings. The third-order valence-electron chi connectivity index (χ3n) is 1.65. The quantitative estimate of drug-likeness (QED) is 0.462. The van der Waals surface area contributed by atoms with Gasteiger partial charge in [-0.2, -0.15) is 0 Å². The molecule has 0 aromatic heterocycles. The smallest absolute Gasteiger partial charge is 0.222 e. The fourth-order valence-electron chi connectivity index (χ4n) is 1.19. The molecular weight excluding hydrogens is 182 g/mol. The van der Waals surface area contributed by atoms with Crippen LogP contribution >= 0.6 is 0 Å². The summed E-state index contributed by atoms with van der Waals surface area (Å²) in [4.78, 5) is 11.2. The molecule has 0 aliphatic rings. The molecule has 5 heteroatoms. The molecule has 0 aromatic carbocycles. The van der Waals surface area contributed by atoms with Gasteiger partial charge in [-0.3, -0.25) is 4.79 Å². The van der Waals surface area contributed by atoms with E-state index in [0.717, 1.165) is 0 Å². The van der Waals surface area contributed by atoms with Gasteiger partial charge in [-0.15, -0.1) is 0 Å². The second-order valence-corrected chi connectivity index (χ2v) is 4.47. The summed E-state index contributed by atoms with van der Waals surface area (Å²) in [6.45, 7) is 1.46. The first-order chi connectivity index (χ1) is 6.35. The van der Waals surface area contributed by atoms with Crippen LogP contribution in [-0.4, -0.2) is 62.4 Å². The second kappa shape index (κ2) is 5.95. The van der Waals surface area contributed by atoms with Gasteiger partial charge in [-0.05, 0) is 0 Å². The Kier molecular flexibility index (Phi) is 5.68. The normalized spacial score (nSPS) is 13.8. The van der Waals surface area contributed by atoms with Crippen LogP contribution in [0.4, 0.5) is 0 Å². The number of likely N-dealkylation sites (N-methyl/N-ethyl adjacent to an activating group) is 1. The minimum absolute atomic E-state index is 0.142. The largest absolute Gasteiger partial charge is 0.387 e. The zero-order valence-electron chi connectivity index (χ0n) is 9.29. The van der Waals surface area contributed by atoms with E-state index in [9.17, 15) is 9.90 Å². The van der Waals surface area contributed by atoms with Gasteiger partial charge < -0.3 is 20.6 Å². The van der Waals surface area contributed by atoms with Gasteiger partial charge in [-0.1, -0.05) is 0 Å². The SMILES string of the molecule is C[N+](C)(C)CC(O)CC(=O)NCCN. The monoisotopic (exact) mass is 204 g/mol. The van der Waals surface area contributed by atoms with Crippen molar-refractivity contribution in [1.82, 2.24) is 5.32 Å². The van der Waals surface area contributed by atoms with Gasteiger partial charge in [0.2, 0.25) is 5.91 Å². The molecule has 0 aliphatic heterocycles. The van der Waals surface area contributed by atoms with Crippen LogP contribution < -0.4 is 11.1 Å². The molecule has 84 valence electrons. The molecule has 0 saturated heterocycles. The lowest BCUT2D eigenvalue weighted by atomic mass is 10.2. The Morgan fingerprint density at radius 3 is 2.50 bits per heavy atom. The maximum atomic E-state index is 11.2. The Morgan fingerprint density at radius 1 is 1.50 bits per heavy atom. The molecule has 0 heterocycles. The number of nitrogens with two attached hydrogens (primary N) is 1. The topological polar surface area (TPSA) is 75.3 Å². The third kappa shape index (κ3) is 7.97. The second-order valence-electron chi connectivity index (χ2n) is 4.47. The Bertz CT molecular complexity index is 177. The summed E-state index contributed by atoms with van der Waals surface area (Å²) in [6.07, 6.45) is -0.442. The molecule has 14 heavy (non-hydrogen) atoms. The van der Waals surface area contributed by atoms with Crippen molar-refractivity contribution >= 4 is 5.91 Å². The highest BCUT2D eigenvalue weighted by Crippen LogP contribution is 1.98. The zero-order chi connectivity index (χ0) is 11.2. The molecule has 0 aliphatic carbocycles. The summed E-state index contributed by atoms with van der Waals surface area (Å²) < 4.78 is 0.644. The standard InChI is InChI=1S/C9H21N3O2/c1-12(2,3)7-8(13)6-9(14)11-5-4-10/h8,13H,4-7,10H2,1-3H3/p+1. The van der Waals surface area contributed by atoms with Gasteiger partial charge in [0.1, 0.15) is 12.6 Å². The minimum atomic E-state index is -0.590. The lowest BCUT2D eigenvalue weighted by molar-refractivity contribution is -0.873. The molecule has 1 atom stereocenters. The summed E-state index contributed by atoms with van der Waals surface area (Å²) in [7, 11) is 5.92. The van der Waals surface area contributed by atoms with Gasteiger partial charge >= 0.3 is 0 Å². The average Bonchev–Trinajstić information content (AvgIpc) is 1.96. The number of hydrogen-bond donors (Lipinski definition) is 3. The summed E-state index contributed by atoms with van der Waals surface area (Å²) in [6, 6.07) is 0. The predicted octanol–water partition coefficient (Wildman–Crippen LogP) is -1.48. The first kappa shape index (κ1) is 13.4. The van der Waals surface area contributed by atoms with E-state index in [0.29, 0.717) is 24.1 Å². The Hall–Kier alpha value is -0.650. The number of nitrogens with zero attached hydrogens (tertiary/aromatic N) is 1. The van der Waals surface area contributed by atoms with Crippen LogP contribution in [0.25, 0.3) is 0 Å². The van der Waals surface area contributed by atoms with E-state index in [2.05, 4.69) is 5.32 Å². The van der Waals surface area contributed by atoms with Crippen molar-refractivity contribution in [3.05, 3.63) is 0 Å². The number of quaternary nitrogens is 1. The van der Waals surface area contributed by atoms with E-state index in [1.165, 1.54) is 0 Å². The molecule has 0 saturated carbocycles. The number of carbonyl (C=O) groups is 1. The average molecular weight is 204 g/mol. The van der Waals surface area contributed by atoms with Crippen molar-refractivity contribution in [2.24, 2.45) is 5.73 Å². The van der Waals surface area contributed by atoms with Gasteiger partial charge in [-0.25, -0.2) is 0 Å². The molecular formula is C9H22N3O2+. The van der Waals surface area contributed by atoms with Crippen LogP contribution in [-0.2, 0) is 4.79 Å². The zero-order valence-corrected chi connectivity index (χ0v) is 9.29. The highest BCUT2D eigenvalue weighted by Gasteiger charge is 2.18. The molecule has 1 amide bonds. The molecule has 0 aromatic rings. The van der Waals surface area contributed by atoms with Gasteiger partial charge in [0.25, 0.3) is 0 Å². The van der Waals surface area contributed by atoms with Gasteiger partial charge in [0.15, 0.2) is 0 Å². The van der Waals surface area contributed by atoms with E-state index in [-0.39, 0.29) is 12.3 Å². The third-order valence-corrected chi connectivity index (χ3v) is 1.65. The number of amides is 1. The lowest BCUT2D eigenvalue weighted by Crippen LogP contribution is -2.43. The molecule has 0 spiro atoms. The van der Waals surface area contributed by atoms with Crippen LogP contribution in [0.1, 0.15) is 6.42 Å². The van der Waals surface area contributed by atoms with Crippen molar-refractivity contribution in [1.29, 1.82) is 0 Å². The Morgan fingerprint density at radius 2 is 2.07 bits per heavy atom. The number of hydrogen-bond acceptors (Lipinski definition) is 3. The summed E-state index contributed by atoms with van der Waals surface area (Å²) >= 11 is 0. The molecule has 5 nitrogen and oxygen atoms in total. The summed E-state index contributed by atoms with van der Waals surface area (Å²) in [5.41, 5.74) is 5.23. The maximum Gasteiger partial charge on any atom is 0.222 e. The Balaban J connectivity index is 3.71. The number of nitrogens with one attached hydrogen (secondary N) is 1. The fourth-order valence-corrected chi connectivity index (χ4v) is 1.19. The van der Waals surface area contributed by atoms with E-state index in [1.807, 2.05) is 21.1 Å². The highest BCUT2D eigenvalue weighted by molar-refractivity contribution is 5.76. The van der Waals surface area contributed by atoms with Crippen LogP contribution in [0.2, 0.25) is 0 Å². The summed E-state index contributed by atoms with van der Waals surface area (Å²) in [5.74, 6) is -0.142. The first-order valence-corrected chi connectivity index (χ1v) is 4.80. The number of aliphatic hydroxyl groups excluding tert-OH is 1. The van der Waals surface area contributed by atoms with Gasteiger partial charge in [0, 0.05) is 13.1 Å². The van der Waals surface area contributed by atoms with Crippen molar-refractivity contribution in [3.63, 3.8) is 0 Å². The molecule has 4 N–H and O–H groups in total. The molecule has 0 rings (SSSR count). The van der Waals surface area contributed by atoms with E-state index >= 15 is 0 Å². The van der Waals surface area contributed by atoms with Crippen LogP contribution in [0, 0.1) is 0 Å². The molecule has 0 bridgehead atoms. The Labute approximate surface area is 85.5 Å². The van der Waals surface area contributed by atoms with Gasteiger partial charge in [0.05, 0.1) is 27.6 Å². The maximum absolute atomic E-state index is 11.2. The lowest BCUT2D eigenvalue weighted by Gasteiger charge is -2.26. The van der Waals surface area contributed by atoms with Crippen molar-refractivity contribution in [2.45, 2.75) is 12.5 Å². The molecule has 1 unspecified atom stereocenters. The van der Waals surface area contributed by atoms with E-state index in [4.69, 9.17) is 5.73 Å². The first-order valence-electron chi connectivity index (χ1n) is 4.80. The number of aliphatic hydroxyl groups is 1. The minimum Gasteiger partial charge on any atom is -0.387 e. The fraction of sp³-hybridized carbons (Fsp3) is 0.889. The van der Waals surface area contributed by atoms with Crippen molar-refractivity contribution in [3.8, 4) is 0 Å². The van der Waals surface area contributed by atoms with Crippen LogP contribution in [0.3, 0.4) is 0 Å². The van der Waals surface area contributed by atoms with Crippen molar-refractivity contribution in [2.75, 3.05) is 40.8 Å². The van der Waals surface area contributed by atoms with E-state index < -0.39 is 6.10 Å². The number of carbonyl (C=O) groups excluding carboxylic acids is 1. The number of rotatable bonds is 6. The summed E-state index contributed by atoms with van der Waals surface area (Å²) in [5, 5.41) is 12.2. The van der Waals surface area contributed by atoms with Crippen LogP contribution in [0.15, 0.2) is 0 Å². The predicted molar refractivity (Wildman–Crippen MR) is 55.6 cm³/mol. The highest BCUT2D eigenvalue weighted by atomic mass is 16.3. The van der Waals surface area contributed by atoms with Crippen LogP contribution in [0.5, 0.6) is 0 Å². The molecule has 0 radical (unpaired) electrons.